The summed E-state index contributed by atoms with van der Waals surface area (Å²) in [6, 6.07) is 0. The van der Waals surface area contributed by atoms with Crippen LogP contribution in [0.25, 0.3) is 0 Å². The Morgan fingerprint density at radius 1 is 1.19 bits per heavy atom. The van der Waals surface area contributed by atoms with Gasteiger partial charge < -0.3 is 25.0 Å². The van der Waals surface area contributed by atoms with E-state index < -0.39 is 11.8 Å². The predicted octanol–water partition coefficient (Wildman–Crippen LogP) is -0.726. The number of hydrogen-bond acceptors (Lipinski definition) is 8. The van der Waals surface area contributed by atoms with Gasteiger partial charge in [0.05, 0.1) is 6.61 Å². The molecule has 2 N–H and O–H groups in total. The zero-order valence-corrected chi connectivity index (χ0v) is 15.3. The minimum absolute atomic E-state index is 0.220. The highest BCUT2D eigenvalue weighted by Gasteiger charge is 2.34. The molecule has 11 heteroatoms. The number of piperazine rings is 1. The van der Waals surface area contributed by atoms with Gasteiger partial charge in [-0.15, -0.1) is 0 Å². The maximum atomic E-state index is 12.1. The summed E-state index contributed by atoms with van der Waals surface area (Å²) in [6.07, 6.45) is -0.340. The van der Waals surface area contributed by atoms with Gasteiger partial charge in [-0.3, -0.25) is 14.5 Å². The fourth-order valence-electron chi connectivity index (χ4n) is 3.02. The summed E-state index contributed by atoms with van der Waals surface area (Å²) >= 11 is 0. The van der Waals surface area contributed by atoms with Crippen LogP contribution < -0.4 is 20.3 Å². The van der Waals surface area contributed by atoms with Gasteiger partial charge in [0.2, 0.25) is 11.7 Å². The minimum atomic E-state index is -0.642. The van der Waals surface area contributed by atoms with Crippen LogP contribution in [0, 0.1) is 6.92 Å². The third-order valence-electron chi connectivity index (χ3n) is 4.26. The third kappa shape index (κ3) is 3.86. The van der Waals surface area contributed by atoms with Crippen molar-refractivity contribution in [3.8, 4) is 5.75 Å². The molecule has 2 aliphatic rings. The number of hydrogen-bond donors (Lipinski definition) is 1. The third-order valence-corrected chi connectivity index (χ3v) is 4.26. The number of ether oxygens (including phenoxy) is 2. The number of anilines is 2. The molecule has 1 saturated heterocycles. The number of amides is 3. The molecule has 0 saturated carbocycles. The van der Waals surface area contributed by atoms with Crippen LogP contribution >= 0.6 is 0 Å². The molecular weight excluding hydrogens is 356 g/mol. The zero-order chi connectivity index (χ0) is 19.6. The lowest BCUT2D eigenvalue weighted by Gasteiger charge is -2.37. The van der Waals surface area contributed by atoms with Gasteiger partial charge in [-0.25, -0.2) is 14.8 Å². The predicted molar refractivity (Wildman–Crippen MR) is 94.6 cm³/mol. The van der Waals surface area contributed by atoms with Crippen molar-refractivity contribution in [3.05, 3.63) is 5.82 Å². The molecule has 1 aromatic heterocycles. The summed E-state index contributed by atoms with van der Waals surface area (Å²) < 4.78 is 10.6. The second kappa shape index (κ2) is 7.64. The first kappa shape index (κ1) is 18.7. The molecule has 146 valence electrons. The van der Waals surface area contributed by atoms with Gasteiger partial charge in [0.15, 0.2) is 18.2 Å². The molecule has 1 fully saturated rings. The Kier molecular flexibility index (Phi) is 5.28. The number of aromatic nitrogens is 2. The van der Waals surface area contributed by atoms with Crippen LogP contribution in [0.4, 0.5) is 16.4 Å². The molecule has 2 aliphatic heterocycles. The van der Waals surface area contributed by atoms with Crippen molar-refractivity contribution in [3.63, 3.8) is 0 Å². The van der Waals surface area contributed by atoms with Crippen LogP contribution in [0.3, 0.4) is 0 Å². The molecule has 0 radical (unpaired) electrons. The van der Waals surface area contributed by atoms with Crippen LogP contribution in [-0.4, -0.2) is 78.7 Å². The summed E-state index contributed by atoms with van der Waals surface area (Å²) in [5.74, 6) is 0.508. The highest BCUT2D eigenvalue weighted by Crippen LogP contribution is 2.38. The second-order valence-corrected chi connectivity index (χ2v) is 6.16. The molecule has 3 amide bonds. The largest absolute Gasteiger partial charge is 0.476 e. The highest BCUT2D eigenvalue weighted by atomic mass is 16.6. The van der Waals surface area contributed by atoms with Gasteiger partial charge >= 0.3 is 6.09 Å². The number of aryl methyl sites for hydroxylation is 1. The quantitative estimate of drug-likeness (QED) is 0.726. The Balaban J connectivity index is 1.85. The van der Waals surface area contributed by atoms with E-state index in [1.54, 1.807) is 18.7 Å². The molecule has 1 aromatic rings. The van der Waals surface area contributed by atoms with E-state index in [0.29, 0.717) is 50.2 Å². The van der Waals surface area contributed by atoms with E-state index in [2.05, 4.69) is 9.97 Å². The molecular formula is C16H22N6O5. The molecule has 0 aromatic carbocycles. The molecule has 0 atom stereocenters. The second-order valence-electron chi connectivity index (χ2n) is 6.16. The molecule has 0 bridgehead atoms. The number of fused-ring (bicyclic) bond motifs is 1. The van der Waals surface area contributed by atoms with Crippen molar-refractivity contribution in [2.45, 2.75) is 13.8 Å². The Morgan fingerprint density at radius 3 is 2.48 bits per heavy atom. The van der Waals surface area contributed by atoms with E-state index in [-0.39, 0.29) is 25.1 Å². The fourth-order valence-corrected chi connectivity index (χ4v) is 3.02. The summed E-state index contributed by atoms with van der Waals surface area (Å²) in [7, 11) is 0. The standard InChI is InChI=1S/C16H22N6O5/c1-3-26-16(25)21-6-4-20(5-7-21)14-13-15(19-10(2)18-14)22(8-11(17)23)12(24)9-27-13/h3-9H2,1-2H3,(H2,17,23). The van der Waals surface area contributed by atoms with E-state index >= 15 is 0 Å². The zero-order valence-electron chi connectivity index (χ0n) is 15.3. The number of nitrogens with two attached hydrogens (primary N) is 1. The summed E-state index contributed by atoms with van der Waals surface area (Å²) in [5, 5.41) is 0. The van der Waals surface area contributed by atoms with Crippen molar-refractivity contribution in [1.82, 2.24) is 14.9 Å². The topological polar surface area (TPSA) is 131 Å². The van der Waals surface area contributed by atoms with Crippen LogP contribution in [0.15, 0.2) is 0 Å². The smallest absolute Gasteiger partial charge is 0.409 e. The molecule has 0 unspecified atom stereocenters. The van der Waals surface area contributed by atoms with Gasteiger partial charge in [0.25, 0.3) is 5.91 Å². The van der Waals surface area contributed by atoms with E-state index in [1.165, 1.54) is 4.90 Å². The normalized spacial score (nSPS) is 16.7. The van der Waals surface area contributed by atoms with Crippen LogP contribution in [0.2, 0.25) is 0 Å². The van der Waals surface area contributed by atoms with Crippen molar-refractivity contribution in [1.29, 1.82) is 0 Å². The van der Waals surface area contributed by atoms with Crippen LogP contribution in [0.5, 0.6) is 5.75 Å². The number of rotatable bonds is 4. The number of carbonyl (C=O) groups is 3. The monoisotopic (exact) mass is 378 g/mol. The van der Waals surface area contributed by atoms with Gasteiger partial charge in [-0.1, -0.05) is 0 Å². The number of primary amides is 1. The Morgan fingerprint density at radius 2 is 1.85 bits per heavy atom. The maximum absolute atomic E-state index is 12.1. The number of nitrogens with zero attached hydrogens (tertiary/aromatic N) is 5. The molecule has 27 heavy (non-hydrogen) atoms. The lowest BCUT2D eigenvalue weighted by Crippen LogP contribution is -2.50. The SMILES string of the molecule is CCOC(=O)N1CCN(c2nc(C)nc3c2OCC(=O)N3CC(N)=O)CC1. The molecule has 3 heterocycles. The Labute approximate surface area is 156 Å². The van der Waals surface area contributed by atoms with E-state index in [0.717, 1.165) is 0 Å². The average molecular weight is 378 g/mol. The van der Waals surface area contributed by atoms with E-state index in [9.17, 15) is 14.4 Å². The summed E-state index contributed by atoms with van der Waals surface area (Å²) in [4.78, 5) is 48.9. The van der Waals surface area contributed by atoms with Crippen molar-refractivity contribution in [2.24, 2.45) is 5.73 Å². The van der Waals surface area contributed by atoms with Gasteiger partial charge in [-0.05, 0) is 13.8 Å². The van der Waals surface area contributed by atoms with E-state index in [4.69, 9.17) is 15.2 Å². The molecule has 3 rings (SSSR count). The van der Waals surface area contributed by atoms with Crippen LogP contribution in [0.1, 0.15) is 12.7 Å². The fraction of sp³-hybridized carbons (Fsp3) is 0.562. The average Bonchev–Trinajstić information content (AvgIpc) is 2.63. The summed E-state index contributed by atoms with van der Waals surface area (Å²) in [5.41, 5.74) is 5.25. The lowest BCUT2D eigenvalue weighted by atomic mass is 10.2. The Hall–Kier alpha value is -3.11. The van der Waals surface area contributed by atoms with Gasteiger partial charge in [-0.2, -0.15) is 0 Å². The van der Waals surface area contributed by atoms with Crippen LogP contribution in [-0.2, 0) is 14.3 Å². The van der Waals surface area contributed by atoms with Crippen molar-refractivity contribution < 1.29 is 23.9 Å². The molecule has 11 nitrogen and oxygen atoms in total. The molecule has 0 spiro atoms. The highest BCUT2D eigenvalue weighted by molar-refractivity contribution is 6.01. The van der Waals surface area contributed by atoms with Gasteiger partial charge in [0.1, 0.15) is 12.4 Å². The maximum Gasteiger partial charge on any atom is 0.409 e. The first-order valence-electron chi connectivity index (χ1n) is 8.67. The summed E-state index contributed by atoms with van der Waals surface area (Å²) in [6.45, 7) is 5.28. The Bertz CT molecular complexity index is 762. The molecule has 0 aliphatic carbocycles. The van der Waals surface area contributed by atoms with Crippen molar-refractivity contribution in [2.75, 3.05) is 55.7 Å². The van der Waals surface area contributed by atoms with Crippen molar-refractivity contribution >= 4 is 29.5 Å². The first-order chi connectivity index (χ1) is 12.9. The van der Waals surface area contributed by atoms with E-state index in [1.807, 2.05) is 4.90 Å². The van der Waals surface area contributed by atoms with Gasteiger partial charge in [0, 0.05) is 26.2 Å². The lowest BCUT2D eigenvalue weighted by molar-refractivity contribution is -0.124. The first-order valence-corrected chi connectivity index (χ1v) is 8.67. The number of carbonyl (C=O) groups excluding carboxylic acids is 3. The minimum Gasteiger partial charge on any atom is -0.476 e.